The number of halogens is 4. The summed E-state index contributed by atoms with van der Waals surface area (Å²) in [7, 11) is 0. The number of hydrazine groups is 1. The first-order valence-corrected chi connectivity index (χ1v) is 7.57. The van der Waals surface area contributed by atoms with Crippen molar-refractivity contribution >= 4 is 11.6 Å². The third kappa shape index (κ3) is 3.17. The second-order valence-electron chi connectivity index (χ2n) is 5.45. The molecule has 0 bridgehead atoms. The number of nitrogens with zero attached hydrogens (tertiary/aromatic N) is 4. The lowest BCUT2D eigenvalue weighted by atomic mass is 9.84. The third-order valence-corrected chi connectivity index (χ3v) is 4.03. The maximum Gasteiger partial charge on any atom is 0.323 e. The maximum absolute atomic E-state index is 15.2. The molecule has 1 aromatic carbocycles. The molecule has 1 unspecified atom stereocenters. The Kier molecular flexibility index (Phi) is 4.63. The van der Waals surface area contributed by atoms with Gasteiger partial charge < -0.3 is 5.11 Å². The van der Waals surface area contributed by atoms with Gasteiger partial charge in [0.2, 0.25) is 0 Å². The summed E-state index contributed by atoms with van der Waals surface area (Å²) in [5, 5.41) is 19.1. The molecule has 1 atom stereocenters. The van der Waals surface area contributed by atoms with Gasteiger partial charge in [-0.25, -0.2) is 9.93 Å². The highest BCUT2D eigenvalue weighted by Crippen LogP contribution is 2.46. The number of aliphatic hydroxyl groups is 1. The monoisotopic (exact) mass is 371 g/mol. The molecule has 0 saturated heterocycles. The minimum absolute atomic E-state index is 0.0223. The lowest BCUT2D eigenvalue weighted by Gasteiger charge is -2.37. The van der Waals surface area contributed by atoms with E-state index < -0.39 is 35.1 Å². The van der Waals surface area contributed by atoms with Crippen LogP contribution in [0.1, 0.15) is 11.3 Å². The number of benzene rings is 1. The number of pyridine rings is 1. The van der Waals surface area contributed by atoms with Crippen LogP contribution in [0.2, 0.25) is 5.02 Å². The highest BCUT2D eigenvalue weighted by Gasteiger charge is 2.58. The van der Waals surface area contributed by atoms with Crippen LogP contribution in [-0.2, 0) is 11.5 Å². The summed E-state index contributed by atoms with van der Waals surface area (Å²) < 4.78 is 44.8. The van der Waals surface area contributed by atoms with Crippen LogP contribution in [0.25, 0.3) is 0 Å². The Morgan fingerprint density at radius 2 is 2.08 bits per heavy atom. The Balaban J connectivity index is 2.11. The van der Waals surface area contributed by atoms with Gasteiger partial charge in [0.25, 0.3) is 0 Å². The van der Waals surface area contributed by atoms with E-state index in [0.29, 0.717) is 0 Å². The quantitative estimate of drug-likeness (QED) is 0.847. The van der Waals surface area contributed by atoms with Crippen molar-refractivity contribution in [1.82, 2.24) is 15.5 Å². The van der Waals surface area contributed by atoms with Gasteiger partial charge >= 0.3 is 5.92 Å². The summed E-state index contributed by atoms with van der Waals surface area (Å²) >= 11 is 5.69. The minimum Gasteiger partial charge on any atom is -0.377 e. The van der Waals surface area contributed by atoms with Crippen LogP contribution in [0, 0.1) is 5.82 Å². The van der Waals surface area contributed by atoms with Crippen molar-refractivity contribution in [1.29, 1.82) is 0 Å². The number of rotatable bonds is 5. The first-order valence-electron chi connectivity index (χ1n) is 7.19. The van der Waals surface area contributed by atoms with Crippen LogP contribution in [0.15, 0.2) is 52.9 Å². The van der Waals surface area contributed by atoms with Crippen molar-refractivity contribution in [3.8, 4) is 0 Å². The Hall–Kier alpha value is -2.23. The van der Waals surface area contributed by atoms with Crippen molar-refractivity contribution in [2.75, 3.05) is 13.2 Å². The lowest BCUT2D eigenvalue weighted by molar-refractivity contribution is -0.210. The molecule has 132 valence electrons. The molecule has 10 heteroatoms. The molecule has 0 amide bonds. The second kappa shape index (κ2) is 6.58. The highest BCUT2D eigenvalue weighted by atomic mass is 35.5. The average Bonchev–Trinajstić information content (AvgIpc) is 3.08. The molecule has 0 saturated carbocycles. The van der Waals surface area contributed by atoms with Gasteiger partial charge in [-0.1, -0.05) is 29.0 Å². The number of nitrogens with one attached hydrogen (secondary N) is 1. The van der Waals surface area contributed by atoms with E-state index in [0.717, 1.165) is 23.2 Å². The molecule has 1 aliphatic rings. The Bertz CT molecular complexity index is 784. The van der Waals surface area contributed by atoms with Crippen LogP contribution in [0.3, 0.4) is 0 Å². The standard InChI is InChI=1S/C15H13ClF3N5O/c16-10-4-5-11(12(17)7-10)14(25,8-24-9-21-22-23-24)15(18,19)13-3-1-2-6-20-13/h1-7,25H,8-9H2,(H,21,23). The molecule has 25 heavy (non-hydrogen) atoms. The number of β-amino-alcohol motifs (C(OH)–C–C–N with tert-alkyl or cyclic N) is 1. The predicted octanol–water partition coefficient (Wildman–Crippen LogP) is 3.00. The minimum atomic E-state index is -3.91. The topological polar surface area (TPSA) is 73.1 Å². The van der Waals surface area contributed by atoms with Crippen LogP contribution in [0.4, 0.5) is 13.2 Å². The number of alkyl halides is 2. The number of hydrogen-bond acceptors (Lipinski definition) is 6. The van der Waals surface area contributed by atoms with E-state index in [-0.39, 0.29) is 11.7 Å². The maximum atomic E-state index is 15.2. The largest absolute Gasteiger partial charge is 0.377 e. The molecule has 0 aliphatic carbocycles. The lowest BCUT2D eigenvalue weighted by Crippen LogP contribution is -2.53. The first-order chi connectivity index (χ1) is 11.8. The molecule has 1 aromatic heterocycles. The Morgan fingerprint density at radius 3 is 2.68 bits per heavy atom. The highest BCUT2D eigenvalue weighted by molar-refractivity contribution is 6.30. The van der Waals surface area contributed by atoms with Crippen LogP contribution in [-0.4, -0.2) is 28.3 Å². The Morgan fingerprint density at radius 1 is 1.28 bits per heavy atom. The molecule has 0 fully saturated rings. The molecule has 1 aliphatic heterocycles. The van der Waals surface area contributed by atoms with Crippen molar-refractivity contribution in [2.24, 2.45) is 10.3 Å². The van der Waals surface area contributed by atoms with Gasteiger partial charge in [0.15, 0.2) is 5.60 Å². The van der Waals surface area contributed by atoms with Gasteiger partial charge in [0, 0.05) is 16.8 Å². The van der Waals surface area contributed by atoms with Gasteiger partial charge in [0.05, 0.1) is 6.54 Å². The first kappa shape index (κ1) is 17.6. The Labute approximate surface area is 145 Å². The zero-order valence-electron chi connectivity index (χ0n) is 12.7. The number of hydrogen-bond donors (Lipinski definition) is 2. The van der Waals surface area contributed by atoms with Gasteiger partial charge in [-0.2, -0.15) is 18.9 Å². The zero-order valence-corrected chi connectivity index (χ0v) is 13.5. The van der Waals surface area contributed by atoms with Crippen molar-refractivity contribution in [3.05, 3.63) is 64.7 Å². The average molecular weight is 372 g/mol. The van der Waals surface area contributed by atoms with E-state index in [9.17, 15) is 9.50 Å². The molecular weight excluding hydrogens is 359 g/mol. The molecule has 6 nitrogen and oxygen atoms in total. The second-order valence-corrected chi connectivity index (χ2v) is 5.89. The van der Waals surface area contributed by atoms with Crippen LogP contribution < -0.4 is 5.53 Å². The van der Waals surface area contributed by atoms with E-state index >= 15 is 8.78 Å². The molecule has 3 rings (SSSR count). The van der Waals surface area contributed by atoms with E-state index in [1.807, 2.05) is 0 Å². The third-order valence-electron chi connectivity index (χ3n) is 3.79. The summed E-state index contributed by atoms with van der Waals surface area (Å²) in [6.45, 7) is -0.766. The fourth-order valence-corrected chi connectivity index (χ4v) is 2.69. The van der Waals surface area contributed by atoms with E-state index in [1.165, 1.54) is 24.4 Å². The van der Waals surface area contributed by atoms with Crippen LogP contribution in [0.5, 0.6) is 0 Å². The smallest absolute Gasteiger partial charge is 0.323 e. The van der Waals surface area contributed by atoms with Crippen molar-refractivity contribution < 1.29 is 18.3 Å². The van der Waals surface area contributed by atoms with Gasteiger partial charge in [-0.05, 0) is 24.3 Å². The zero-order chi connectivity index (χ0) is 18.1. The molecule has 2 N–H and O–H groups in total. The summed E-state index contributed by atoms with van der Waals surface area (Å²) in [5.74, 6) is -4.97. The van der Waals surface area contributed by atoms with E-state index in [1.54, 1.807) is 0 Å². The molecule has 2 aromatic rings. The fraction of sp³-hybridized carbons (Fsp3) is 0.267. The van der Waals surface area contributed by atoms with E-state index in [4.69, 9.17) is 11.6 Å². The summed E-state index contributed by atoms with van der Waals surface area (Å²) in [6.07, 6.45) is 1.17. The van der Waals surface area contributed by atoms with Crippen LogP contribution >= 0.6 is 11.6 Å². The molecule has 0 radical (unpaired) electrons. The summed E-state index contributed by atoms with van der Waals surface area (Å²) in [5.41, 5.74) is -1.88. The van der Waals surface area contributed by atoms with Gasteiger partial charge in [-0.3, -0.25) is 4.98 Å². The normalized spacial score (nSPS) is 17.3. The fourth-order valence-electron chi connectivity index (χ4n) is 2.53. The SMILES string of the molecule is OC(CN1CN=NN1)(c1ccc(Cl)cc1F)C(F)(F)c1ccccn1. The molecular formula is C15H13ClF3N5O. The summed E-state index contributed by atoms with van der Waals surface area (Å²) in [6, 6.07) is 6.99. The molecule has 2 heterocycles. The van der Waals surface area contributed by atoms with E-state index in [2.05, 4.69) is 20.9 Å². The number of aromatic nitrogens is 1. The molecule has 0 spiro atoms. The van der Waals surface area contributed by atoms with Gasteiger partial charge in [0.1, 0.15) is 18.2 Å². The van der Waals surface area contributed by atoms with Gasteiger partial charge in [-0.15, -0.1) is 0 Å². The van der Waals surface area contributed by atoms with Crippen molar-refractivity contribution in [2.45, 2.75) is 11.5 Å². The predicted molar refractivity (Wildman–Crippen MR) is 83.0 cm³/mol. The van der Waals surface area contributed by atoms with Crippen molar-refractivity contribution in [3.63, 3.8) is 0 Å². The summed E-state index contributed by atoms with van der Waals surface area (Å²) in [4.78, 5) is 3.62.